The lowest BCUT2D eigenvalue weighted by molar-refractivity contribution is 0.0927. The van der Waals surface area contributed by atoms with Crippen molar-refractivity contribution in [1.29, 1.82) is 0 Å². The van der Waals surface area contributed by atoms with Crippen molar-refractivity contribution in [3.63, 3.8) is 0 Å². The van der Waals surface area contributed by atoms with Gasteiger partial charge in [0.05, 0.1) is 7.11 Å². The Kier molecular flexibility index (Phi) is 5.49. The maximum Gasteiger partial charge on any atom is 0.251 e. The first-order valence-electron chi connectivity index (χ1n) is 8.57. The average molecular weight is 369 g/mol. The molecule has 0 fully saturated rings. The molecular formula is C20H20FN3O3. The van der Waals surface area contributed by atoms with Gasteiger partial charge < -0.3 is 14.6 Å². The number of hydrogen-bond acceptors (Lipinski definition) is 5. The summed E-state index contributed by atoms with van der Waals surface area (Å²) in [5.41, 5.74) is 1.84. The predicted molar refractivity (Wildman–Crippen MR) is 97.9 cm³/mol. The first-order valence-corrected chi connectivity index (χ1v) is 8.57. The fourth-order valence-electron chi connectivity index (χ4n) is 2.72. The summed E-state index contributed by atoms with van der Waals surface area (Å²) >= 11 is 0. The maximum absolute atomic E-state index is 14.0. The molecule has 0 unspecified atom stereocenters. The van der Waals surface area contributed by atoms with E-state index in [4.69, 9.17) is 9.26 Å². The molecule has 0 aliphatic rings. The van der Waals surface area contributed by atoms with Crippen molar-refractivity contribution < 1.29 is 18.4 Å². The number of amides is 1. The number of benzene rings is 2. The highest BCUT2D eigenvalue weighted by atomic mass is 19.1. The molecule has 1 N–H and O–H groups in total. The van der Waals surface area contributed by atoms with Crippen molar-refractivity contribution in [2.45, 2.75) is 26.3 Å². The molecule has 3 rings (SSSR count). The number of methoxy groups -OCH3 is 1. The Labute approximate surface area is 156 Å². The average Bonchev–Trinajstić information content (AvgIpc) is 3.12. The van der Waals surface area contributed by atoms with Crippen LogP contribution in [0.3, 0.4) is 0 Å². The SMILES string of the molecule is CC[C@@H](NC(=O)c1cccc(-c2ccc(OC)c(F)c2)c1)c1nc(C)no1. The second-order valence-electron chi connectivity index (χ2n) is 6.04. The Bertz CT molecular complexity index is 955. The number of aryl methyl sites for hydroxylation is 1. The van der Waals surface area contributed by atoms with Gasteiger partial charge >= 0.3 is 0 Å². The molecule has 1 amide bonds. The molecule has 0 aliphatic heterocycles. The van der Waals surface area contributed by atoms with E-state index in [-0.39, 0.29) is 17.7 Å². The monoisotopic (exact) mass is 369 g/mol. The standard InChI is InChI=1S/C20H20FN3O3/c1-4-17(20-22-12(2)24-27-20)23-19(25)15-7-5-6-13(10-15)14-8-9-18(26-3)16(21)11-14/h5-11,17H,4H2,1-3H3,(H,23,25)/t17-/m1/s1. The lowest BCUT2D eigenvalue weighted by Crippen LogP contribution is -2.28. The highest BCUT2D eigenvalue weighted by Crippen LogP contribution is 2.26. The minimum absolute atomic E-state index is 0.174. The first kappa shape index (κ1) is 18.6. The van der Waals surface area contributed by atoms with Gasteiger partial charge in [-0.25, -0.2) is 4.39 Å². The number of aromatic nitrogens is 2. The van der Waals surface area contributed by atoms with Gasteiger partial charge in [0, 0.05) is 5.56 Å². The second-order valence-corrected chi connectivity index (χ2v) is 6.04. The van der Waals surface area contributed by atoms with E-state index < -0.39 is 5.82 Å². The van der Waals surface area contributed by atoms with E-state index in [9.17, 15) is 9.18 Å². The molecule has 0 saturated heterocycles. The molecule has 1 atom stereocenters. The van der Waals surface area contributed by atoms with E-state index in [1.807, 2.05) is 13.0 Å². The number of nitrogens with one attached hydrogen (secondary N) is 1. The molecule has 140 valence electrons. The third kappa shape index (κ3) is 4.13. The van der Waals surface area contributed by atoms with Crippen LogP contribution in [0.1, 0.15) is 41.5 Å². The Morgan fingerprint density at radius 3 is 2.67 bits per heavy atom. The van der Waals surface area contributed by atoms with Crippen molar-refractivity contribution in [2.75, 3.05) is 7.11 Å². The third-order valence-corrected chi connectivity index (χ3v) is 4.16. The summed E-state index contributed by atoms with van der Waals surface area (Å²) in [5, 5.41) is 6.65. The number of ether oxygens (including phenoxy) is 1. The summed E-state index contributed by atoms with van der Waals surface area (Å²) in [4.78, 5) is 16.8. The maximum atomic E-state index is 14.0. The van der Waals surface area contributed by atoms with Crippen LogP contribution in [0.25, 0.3) is 11.1 Å². The van der Waals surface area contributed by atoms with Crippen molar-refractivity contribution in [3.8, 4) is 16.9 Å². The van der Waals surface area contributed by atoms with Gasteiger partial charge in [-0.05, 0) is 48.7 Å². The number of carbonyl (C=O) groups is 1. The fraction of sp³-hybridized carbons (Fsp3) is 0.250. The molecule has 2 aromatic carbocycles. The molecule has 0 spiro atoms. The van der Waals surface area contributed by atoms with Crippen molar-refractivity contribution in [2.24, 2.45) is 0 Å². The molecule has 7 heteroatoms. The van der Waals surface area contributed by atoms with Gasteiger partial charge in [0.2, 0.25) is 5.89 Å². The van der Waals surface area contributed by atoms with Crippen molar-refractivity contribution >= 4 is 5.91 Å². The highest BCUT2D eigenvalue weighted by Gasteiger charge is 2.19. The molecule has 0 radical (unpaired) electrons. The van der Waals surface area contributed by atoms with E-state index in [1.54, 1.807) is 37.3 Å². The summed E-state index contributed by atoms with van der Waals surface area (Å²) in [6, 6.07) is 11.3. The van der Waals surface area contributed by atoms with Crippen LogP contribution in [-0.4, -0.2) is 23.2 Å². The largest absolute Gasteiger partial charge is 0.494 e. The quantitative estimate of drug-likeness (QED) is 0.709. The smallest absolute Gasteiger partial charge is 0.251 e. The molecular weight excluding hydrogens is 349 g/mol. The minimum atomic E-state index is -0.456. The summed E-state index contributed by atoms with van der Waals surface area (Å²) in [7, 11) is 1.41. The van der Waals surface area contributed by atoms with Crippen molar-refractivity contribution in [3.05, 3.63) is 65.6 Å². The van der Waals surface area contributed by atoms with Crippen LogP contribution >= 0.6 is 0 Å². The Morgan fingerprint density at radius 2 is 2.04 bits per heavy atom. The van der Waals surface area contributed by atoms with Crippen LogP contribution in [0, 0.1) is 12.7 Å². The van der Waals surface area contributed by atoms with Crippen LogP contribution < -0.4 is 10.1 Å². The summed E-state index contributed by atoms with van der Waals surface area (Å²) < 4.78 is 24.1. The van der Waals surface area contributed by atoms with E-state index in [0.717, 1.165) is 5.56 Å². The van der Waals surface area contributed by atoms with E-state index in [1.165, 1.54) is 13.2 Å². The van der Waals surface area contributed by atoms with E-state index in [0.29, 0.717) is 29.3 Å². The molecule has 1 aromatic heterocycles. The van der Waals surface area contributed by atoms with Gasteiger partial charge in [-0.3, -0.25) is 4.79 Å². The molecule has 1 heterocycles. The molecule has 3 aromatic rings. The van der Waals surface area contributed by atoms with Gasteiger partial charge in [-0.1, -0.05) is 30.3 Å². The summed E-state index contributed by atoms with van der Waals surface area (Å²) in [5.74, 6) is 0.336. The Balaban J connectivity index is 1.82. The summed E-state index contributed by atoms with van der Waals surface area (Å²) in [6.45, 7) is 3.64. The Hall–Kier alpha value is -3.22. The van der Waals surface area contributed by atoms with E-state index >= 15 is 0 Å². The van der Waals surface area contributed by atoms with E-state index in [2.05, 4.69) is 15.5 Å². The zero-order valence-electron chi connectivity index (χ0n) is 15.3. The number of carbonyl (C=O) groups excluding carboxylic acids is 1. The van der Waals surface area contributed by atoms with Gasteiger partial charge in [0.25, 0.3) is 5.91 Å². The van der Waals surface area contributed by atoms with Crippen molar-refractivity contribution in [1.82, 2.24) is 15.5 Å². The zero-order chi connectivity index (χ0) is 19.4. The highest BCUT2D eigenvalue weighted by molar-refractivity contribution is 5.95. The molecule has 6 nitrogen and oxygen atoms in total. The van der Waals surface area contributed by atoms with Crippen LogP contribution in [0.15, 0.2) is 47.0 Å². The van der Waals surface area contributed by atoms with Crippen LogP contribution in [0.5, 0.6) is 5.75 Å². The topological polar surface area (TPSA) is 77.2 Å². The van der Waals surface area contributed by atoms with Gasteiger partial charge in [0.1, 0.15) is 6.04 Å². The Morgan fingerprint density at radius 1 is 1.26 bits per heavy atom. The molecule has 0 saturated carbocycles. The normalized spacial score (nSPS) is 11.9. The summed E-state index contributed by atoms with van der Waals surface area (Å²) in [6.07, 6.45) is 0.608. The zero-order valence-corrected chi connectivity index (χ0v) is 15.3. The lowest BCUT2D eigenvalue weighted by Gasteiger charge is -2.13. The number of nitrogens with zero attached hydrogens (tertiary/aromatic N) is 2. The molecule has 0 aliphatic carbocycles. The second kappa shape index (κ2) is 7.99. The lowest BCUT2D eigenvalue weighted by atomic mass is 10.0. The number of rotatable bonds is 6. The van der Waals surface area contributed by atoms with Crippen LogP contribution in [0.4, 0.5) is 4.39 Å². The number of halogens is 1. The first-order chi connectivity index (χ1) is 13.0. The fourth-order valence-corrected chi connectivity index (χ4v) is 2.72. The third-order valence-electron chi connectivity index (χ3n) is 4.16. The minimum Gasteiger partial charge on any atom is -0.494 e. The van der Waals surface area contributed by atoms with Gasteiger partial charge in [-0.15, -0.1) is 0 Å². The predicted octanol–water partition coefficient (Wildman–Crippen LogP) is 4.07. The van der Waals surface area contributed by atoms with Gasteiger partial charge in [-0.2, -0.15) is 4.98 Å². The van der Waals surface area contributed by atoms with Crippen LogP contribution in [0.2, 0.25) is 0 Å². The van der Waals surface area contributed by atoms with Crippen LogP contribution in [-0.2, 0) is 0 Å². The number of hydrogen-bond donors (Lipinski definition) is 1. The van der Waals surface area contributed by atoms with Gasteiger partial charge in [0.15, 0.2) is 17.4 Å². The molecule has 27 heavy (non-hydrogen) atoms. The molecule has 0 bridgehead atoms.